The van der Waals surface area contributed by atoms with E-state index in [0.29, 0.717) is 0 Å². The molecule has 0 rings (SSSR count). The van der Waals surface area contributed by atoms with E-state index < -0.39 is 12.0 Å². The zero-order chi connectivity index (χ0) is 7.28. The molecule has 1 radical (unpaired) electrons. The van der Waals surface area contributed by atoms with Crippen molar-refractivity contribution in [1.82, 2.24) is 6.15 Å². The summed E-state index contributed by atoms with van der Waals surface area (Å²) in [7, 11) is 0. The van der Waals surface area contributed by atoms with Crippen LogP contribution in [0.2, 0.25) is 0 Å². The highest BCUT2D eigenvalue weighted by atomic mass is 16.4. The molecule has 6 N–H and O–H groups in total. The fraction of sp³-hybridized carbons (Fsp3) is 0.600. The summed E-state index contributed by atoms with van der Waals surface area (Å²) in [4.78, 5) is 19.5. The number of hydrogen-bond acceptors (Lipinski definition) is 4. The van der Waals surface area contributed by atoms with Crippen molar-refractivity contribution in [3.05, 3.63) is 0 Å². The number of rotatable bonds is 4. The number of carboxylic acids is 1. The smallest absolute Gasteiger partial charge is 0.303 e. The maximum atomic E-state index is 9.83. The van der Waals surface area contributed by atoms with Crippen molar-refractivity contribution >= 4 is 12.3 Å². The summed E-state index contributed by atoms with van der Waals surface area (Å²) >= 11 is 0. The molecule has 0 aliphatic heterocycles. The molecule has 0 aliphatic carbocycles. The van der Waals surface area contributed by atoms with E-state index in [-0.39, 0.29) is 19.0 Å². The van der Waals surface area contributed by atoms with E-state index in [1.807, 2.05) is 0 Å². The Morgan fingerprint density at radius 3 is 2.50 bits per heavy atom. The van der Waals surface area contributed by atoms with Crippen molar-refractivity contribution in [2.75, 3.05) is 0 Å². The van der Waals surface area contributed by atoms with Gasteiger partial charge < -0.3 is 17.0 Å². The molecule has 0 aliphatic rings. The minimum absolute atomic E-state index is 0. The Labute approximate surface area is 58.8 Å². The first-order valence-electron chi connectivity index (χ1n) is 2.52. The van der Waals surface area contributed by atoms with Crippen LogP contribution in [0.4, 0.5) is 0 Å². The van der Waals surface area contributed by atoms with Crippen LogP contribution in [-0.2, 0) is 9.59 Å². The van der Waals surface area contributed by atoms with Crippen LogP contribution in [0, 0.1) is 0 Å². The molecule has 0 aromatic heterocycles. The molecular weight excluding hydrogens is 136 g/mol. The highest BCUT2D eigenvalue weighted by Crippen LogP contribution is 1.90. The summed E-state index contributed by atoms with van der Waals surface area (Å²) < 4.78 is 0. The molecular formula is C5H11N2O3. The highest BCUT2D eigenvalue weighted by Gasteiger charge is 2.03. The molecule has 5 nitrogen and oxygen atoms in total. The van der Waals surface area contributed by atoms with Crippen LogP contribution in [-0.4, -0.2) is 23.4 Å². The zero-order valence-electron chi connectivity index (χ0n) is 5.54. The van der Waals surface area contributed by atoms with Gasteiger partial charge in [0.2, 0.25) is 6.29 Å². The Morgan fingerprint density at radius 2 is 2.20 bits per heavy atom. The van der Waals surface area contributed by atoms with Crippen molar-refractivity contribution in [2.45, 2.75) is 18.9 Å². The Kier molecular flexibility index (Phi) is 7.30. The minimum Gasteiger partial charge on any atom is -0.481 e. The van der Waals surface area contributed by atoms with Gasteiger partial charge in [0.25, 0.3) is 0 Å². The van der Waals surface area contributed by atoms with E-state index >= 15 is 0 Å². The standard InChI is InChI=1S/C5H8NO3.H3N/c6-4(3-7)1-2-5(8)9;/h4H,1-2,6H2,(H,8,9);1H3. The van der Waals surface area contributed by atoms with Gasteiger partial charge in [0.05, 0.1) is 6.04 Å². The molecule has 1 atom stereocenters. The van der Waals surface area contributed by atoms with E-state index in [0.717, 1.165) is 0 Å². The number of hydrogen-bond donors (Lipinski definition) is 3. The molecule has 1 unspecified atom stereocenters. The van der Waals surface area contributed by atoms with Crippen molar-refractivity contribution in [3.8, 4) is 0 Å². The topological polar surface area (TPSA) is 115 Å². The van der Waals surface area contributed by atoms with Gasteiger partial charge in [-0.05, 0) is 6.42 Å². The van der Waals surface area contributed by atoms with Gasteiger partial charge in [-0.15, -0.1) is 0 Å². The van der Waals surface area contributed by atoms with E-state index in [1.54, 1.807) is 0 Å². The molecule has 0 fully saturated rings. The maximum absolute atomic E-state index is 9.83. The fourth-order valence-corrected chi connectivity index (χ4v) is 0.338. The largest absolute Gasteiger partial charge is 0.481 e. The lowest BCUT2D eigenvalue weighted by molar-refractivity contribution is -0.137. The molecule has 0 aromatic rings. The van der Waals surface area contributed by atoms with Crippen LogP contribution in [0.1, 0.15) is 12.8 Å². The lowest BCUT2D eigenvalue weighted by Gasteiger charge is -1.96. The third-order valence-electron chi connectivity index (χ3n) is 0.821. The predicted molar refractivity (Wildman–Crippen MR) is 35.6 cm³/mol. The fourth-order valence-electron chi connectivity index (χ4n) is 0.338. The van der Waals surface area contributed by atoms with E-state index in [4.69, 9.17) is 10.8 Å². The summed E-state index contributed by atoms with van der Waals surface area (Å²) in [6.07, 6.45) is 1.58. The van der Waals surface area contributed by atoms with Crippen molar-refractivity contribution in [3.63, 3.8) is 0 Å². The van der Waals surface area contributed by atoms with Crippen molar-refractivity contribution in [2.24, 2.45) is 5.73 Å². The van der Waals surface area contributed by atoms with Gasteiger partial charge in [0, 0.05) is 6.42 Å². The summed E-state index contributed by atoms with van der Waals surface area (Å²) in [5.74, 6) is -0.944. The summed E-state index contributed by atoms with van der Waals surface area (Å²) in [5.41, 5.74) is 5.03. The number of carboxylic acid groups (broad SMARTS) is 1. The third kappa shape index (κ3) is 7.06. The van der Waals surface area contributed by atoms with Gasteiger partial charge in [-0.3, -0.25) is 9.59 Å². The highest BCUT2D eigenvalue weighted by molar-refractivity contribution is 5.68. The molecule has 0 aromatic carbocycles. The monoisotopic (exact) mass is 147 g/mol. The average Bonchev–Trinajstić information content (AvgIpc) is 1.83. The summed E-state index contributed by atoms with van der Waals surface area (Å²) in [6.45, 7) is 0. The summed E-state index contributed by atoms with van der Waals surface area (Å²) in [5, 5.41) is 8.07. The van der Waals surface area contributed by atoms with Gasteiger partial charge in [-0.25, -0.2) is 0 Å². The van der Waals surface area contributed by atoms with Gasteiger partial charge >= 0.3 is 5.97 Å². The third-order valence-corrected chi connectivity index (χ3v) is 0.821. The minimum atomic E-state index is -0.944. The molecule has 10 heavy (non-hydrogen) atoms. The van der Waals surface area contributed by atoms with Gasteiger partial charge in [-0.2, -0.15) is 0 Å². The van der Waals surface area contributed by atoms with Crippen LogP contribution in [0.15, 0.2) is 0 Å². The quantitative estimate of drug-likeness (QED) is 0.493. The first-order valence-corrected chi connectivity index (χ1v) is 2.52. The van der Waals surface area contributed by atoms with Crippen LogP contribution in [0.25, 0.3) is 0 Å². The van der Waals surface area contributed by atoms with Crippen LogP contribution in [0.5, 0.6) is 0 Å². The molecule has 0 amide bonds. The molecule has 0 saturated carbocycles. The maximum Gasteiger partial charge on any atom is 0.303 e. The number of nitrogens with two attached hydrogens (primary N) is 1. The average molecular weight is 147 g/mol. The number of aliphatic carboxylic acids is 1. The first-order chi connectivity index (χ1) is 4.16. The van der Waals surface area contributed by atoms with E-state index in [9.17, 15) is 9.59 Å². The molecule has 0 spiro atoms. The second kappa shape index (κ2) is 6.18. The lowest BCUT2D eigenvalue weighted by atomic mass is 10.2. The van der Waals surface area contributed by atoms with Crippen LogP contribution in [0.3, 0.4) is 0 Å². The Hall–Kier alpha value is -0.940. The zero-order valence-corrected chi connectivity index (χ0v) is 5.54. The van der Waals surface area contributed by atoms with Crippen molar-refractivity contribution in [1.29, 1.82) is 0 Å². The van der Waals surface area contributed by atoms with Gasteiger partial charge in [0.1, 0.15) is 0 Å². The second-order valence-corrected chi connectivity index (χ2v) is 1.66. The Morgan fingerprint density at radius 1 is 1.70 bits per heavy atom. The number of carbonyl (C=O) groups excluding carboxylic acids is 1. The SMILES string of the molecule is N.NC([C]=O)CCC(=O)O. The second-order valence-electron chi connectivity index (χ2n) is 1.66. The van der Waals surface area contributed by atoms with Crippen LogP contribution < -0.4 is 11.9 Å². The van der Waals surface area contributed by atoms with E-state index in [2.05, 4.69) is 0 Å². The Balaban J connectivity index is 0. The normalized spacial score (nSPS) is 11.3. The molecule has 59 valence electrons. The molecule has 5 heteroatoms. The van der Waals surface area contributed by atoms with Gasteiger partial charge in [0.15, 0.2) is 0 Å². The first kappa shape index (κ1) is 11.8. The predicted octanol–water partition coefficient (Wildman–Crippen LogP) is -0.550. The van der Waals surface area contributed by atoms with Gasteiger partial charge in [-0.1, -0.05) is 0 Å². The van der Waals surface area contributed by atoms with E-state index in [1.165, 1.54) is 6.29 Å². The summed E-state index contributed by atoms with van der Waals surface area (Å²) in [6, 6.07) is -0.749. The number of carbonyl (C=O) groups is 1. The Bertz CT molecular complexity index is 115. The lowest BCUT2D eigenvalue weighted by Crippen LogP contribution is -2.22. The van der Waals surface area contributed by atoms with Crippen molar-refractivity contribution < 1.29 is 14.7 Å². The molecule has 0 heterocycles. The van der Waals surface area contributed by atoms with Crippen LogP contribution >= 0.6 is 0 Å². The molecule has 0 bridgehead atoms. The molecule has 0 saturated heterocycles.